The van der Waals surface area contributed by atoms with E-state index in [1.807, 2.05) is 24.3 Å². The van der Waals surface area contributed by atoms with Crippen LogP contribution in [0, 0.1) is 23.7 Å². The van der Waals surface area contributed by atoms with E-state index in [2.05, 4.69) is 26.7 Å². The van der Waals surface area contributed by atoms with Crippen LogP contribution in [0.15, 0.2) is 24.3 Å². The van der Waals surface area contributed by atoms with Crippen molar-refractivity contribution in [2.75, 3.05) is 0 Å². The first-order valence-electron chi connectivity index (χ1n) is 8.62. The molecule has 1 aromatic rings. The van der Waals surface area contributed by atoms with Crippen LogP contribution in [-0.2, 0) is 20.9 Å². The maximum absolute atomic E-state index is 11.3. The first-order valence-corrected chi connectivity index (χ1v) is 8.62. The zero-order valence-electron chi connectivity index (χ0n) is 15.2. The predicted molar refractivity (Wildman–Crippen MR) is 95.3 cm³/mol. The molecule has 1 saturated carbocycles. The van der Waals surface area contributed by atoms with Crippen molar-refractivity contribution in [2.24, 2.45) is 11.3 Å². The lowest BCUT2D eigenvalue weighted by molar-refractivity contribution is -0.153. The molecule has 0 unspecified atom stereocenters. The van der Waals surface area contributed by atoms with Gasteiger partial charge < -0.3 is 9.47 Å². The molecule has 0 aliphatic heterocycles. The van der Waals surface area contributed by atoms with Crippen molar-refractivity contribution in [1.29, 1.82) is 0 Å². The second-order valence-electron chi connectivity index (χ2n) is 7.78. The molecule has 1 aliphatic rings. The van der Waals surface area contributed by atoms with Gasteiger partial charge in [0.25, 0.3) is 0 Å². The molecule has 0 bridgehead atoms. The number of hydrogen-bond donors (Lipinski definition) is 0. The smallest absolute Gasteiger partial charge is 0.302 e. The van der Waals surface area contributed by atoms with Crippen LogP contribution in [0.3, 0.4) is 0 Å². The van der Waals surface area contributed by atoms with Crippen LogP contribution >= 0.6 is 0 Å². The summed E-state index contributed by atoms with van der Waals surface area (Å²) in [5.74, 6) is 2.88. The second kappa shape index (κ2) is 7.85. The second-order valence-corrected chi connectivity index (χ2v) is 7.78. The van der Waals surface area contributed by atoms with Crippen molar-refractivity contribution in [3.8, 4) is 12.3 Å². The summed E-state index contributed by atoms with van der Waals surface area (Å²) in [6.45, 7) is 8.75. The van der Waals surface area contributed by atoms with Crippen LogP contribution in [0.5, 0.6) is 0 Å². The number of carbonyl (C=O) groups excluding carboxylic acids is 1. The first kappa shape index (κ1) is 18.5. The van der Waals surface area contributed by atoms with Crippen molar-refractivity contribution < 1.29 is 14.3 Å². The Kier molecular flexibility index (Phi) is 6.07. The van der Waals surface area contributed by atoms with Crippen LogP contribution in [-0.4, -0.2) is 18.2 Å². The van der Waals surface area contributed by atoms with Gasteiger partial charge >= 0.3 is 5.97 Å². The number of carbonyl (C=O) groups is 1. The van der Waals surface area contributed by atoms with Crippen LogP contribution in [0.1, 0.15) is 58.1 Å². The number of rotatable bonds is 4. The molecule has 1 aliphatic carbocycles. The van der Waals surface area contributed by atoms with Crippen LogP contribution in [0.25, 0.3) is 0 Å². The van der Waals surface area contributed by atoms with E-state index < -0.39 is 0 Å². The summed E-state index contributed by atoms with van der Waals surface area (Å²) in [6, 6.07) is 7.87. The van der Waals surface area contributed by atoms with Gasteiger partial charge in [-0.1, -0.05) is 38.8 Å². The summed E-state index contributed by atoms with van der Waals surface area (Å²) in [6.07, 6.45) is 8.14. The molecule has 0 aromatic heterocycles. The lowest BCUT2D eigenvalue weighted by atomic mass is 9.70. The third-order valence-electron chi connectivity index (χ3n) is 4.78. The molecular weight excluding hydrogens is 300 g/mol. The third kappa shape index (κ3) is 5.39. The molecule has 0 saturated heterocycles. The van der Waals surface area contributed by atoms with E-state index in [4.69, 9.17) is 15.9 Å². The fraction of sp³-hybridized carbons (Fsp3) is 0.571. The van der Waals surface area contributed by atoms with Gasteiger partial charge in [-0.25, -0.2) is 0 Å². The van der Waals surface area contributed by atoms with Gasteiger partial charge in [-0.05, 0) is 41.9 Å². The molecular formula is C21H28O3. The average Bonchev–Trinajstić information content (AvgIpc) is 2.52. The van der Waals surface area contributed by atoms with Gasteiger partial charge in [0.2, 0.25) is 0 Å². The number of benzene rings is 1. The summed E-state index contributed by atoms with van der Waals surface area (Å²) in [7, 11) is 0. The summed E-state index contributed by atoms with van der Waals surface area (Å²) >= 11 is 0. The lowest BCUT2D eigenvalue weighted by Gasteiger charge is -2.40. The first-order chi connectivity index (χ1) is 11.3. The maximum atomic E-state index is 11.3. The van der Waals surface area contributed by atoms with E-state index in [9.17, 15) is 4.79 Å². The molecule has 2 rings (SSSR count). The van der Waals surface area contributed by atoms with Crippen molar-refractivity contribution in [3.63, 3.8) is 0 Å². The van der Waals surface area contributed by atoms with Gasteiger partial charge in [-0.2, -0.15) is 0 Å². The van der Waals surface area contributed by atoms with E-state index in [1.54, 1.807) is 0 Å². The molecule has 24 heavy (non-hydrogen) atoms. The van der Waals surface area contributed by atoms with Gasteiger partial charge in [0, 0.05) is 18.9 Å². The molecule has 1 aromatic carbocycles. The zero-order chi connectivity index (χ0) is 17.7. The molecule has 1 fully saturated rings. The quantitative estimate of drug-likeness (QED) is 0.609. The largest absolute Gasteiger partial charge is 0.462 e. The minimum Gasteiger partial charge on any atom is -0.462 e. The molecule has 0 amide bonds. The Morgan fingerprint density at radius 2 is 1.79 bits per heavy atom. The zero-order valence-corrected chi connectivity index (χ0v) is 15.2. The standard InChI is InChI=1S/C21H28O3/c1-6-16-7-9-17(10-8-16)14-23-19-11-18(21(3,4)5)12-20(13-19)24-15(2)22/h1,7-10,18-20H,11-14H2,2-5H3/t18-,19+,20+/m0/s1. The average molecular weight is 328 g/mol. The Morgan fingerprint density at radius 1 is 1.17 bits per heavy atom. The Labute approximate surface area is 145 Å². The minimum absolute atomic E-state index is 0.0470. The van der Waals surface area contributed by atoms with E-state index in [0.717, 1.165) is 30.4 Å². The Hall–Kier alpha value is -1.79. The number of hydrogen-bond acceptors (Lipinski definition) is 3. The van der Waals surface area contributed by atoms with Crippen molar-refractivity contribution in [2.45, 2.75) is 65.8 Å². The van der Waals surface area contributed by atoms with E-state index in [0.29, 0.717) is 12.5 Å². The number of terminal acetylenes is 1. The highest BCUT2D eigenvalue weighted by atomic mass is 16.5. The number of esters is 1. The Bertz CT molecular complexity index is 589. The summed E-state index contributed by atoms with van der Waals surface area (Å²) in [4.78, 5) is 11.3. The van der Waals surface area contributed by atoms with Gasteiger partial charge in [0.05, 0.1) is 12.7 Å². The normalized spacial score (nSPS) is 24.2. The molecule has 0 spiro atoms. The molecule has 130 valence electrons. The highest BCUT2D eigenvalue weighted by Gasteiger charge is 2.37. The molecule has 3 heteroatoms. The third-order valence-corrected chi connectivity index (χ3v) is 4.78. The Balaban J connectivity index is 1.98. The van der Waals surface area contributed by atoms with Crippen LogP contribution < -0.4 is 0 Å². The topological polar surface area (TPSA) is 35.5 Å². The van der Waals surface area contributed by atoms with E-state index in [1.165, 1.54) is 6.92 Å². The molecule has 0 heterocycles. The van der Waals surface area contributed by atoms with E-state index in [-0.39, 0.29) is 23.6 Å². The van der Waals surface area contributed by atoms with Crippen LogP contribution in [0.4, 0.5) is 0 Å². The summed E-state index contributed by atoms with van der Waals surface area (Å²) in [5, 5.41) is 0. The summed E-state index contributed by atoms with van der Waals surface area (Å²) in [5.41, 5.74) is 2.16. The molecule has 3 atom stereocenters. The number of ether oxygens (including phenoxy) is 2. The maximum Gasteiger partial charge on any atom is 0.302 e. The summed E-state index contributed by atoms with van der Waals surface area (Å²) < 4.78 is 11.6. The molecule has 3 nitrogen and oxygen atoms in total. The molecule has 0 radical (unpaired) electrons. The minimum atomic E-state index is -0.210. The highest BCUT2D eigenvalue weighted by Crippen LogP contribution is 2.40. The monoisotopic (exact) mass is 328 g/mol. The van der Waals surface area contributed by atoms with Crippen molar-refractivity contribution in [3.05, 3.63) is 35.4 Å². The lowest BCUT2D eigenvalue weighted by Crippen LogP contribution is -2.39. The predicted octanol–water partition coefficient (Wildman–Crippen LogP) is 4.33. The van der Waals surface area contributed by atoms with Gasteiger partial charge in [0.1, 0.15) is 6.10 Å². The SMILES string of the molecule is C#Cc1ccc(CO[C@H]2C[C@H](OC(C)=O)C[C@@H](C(C)(C)C)C2)cc1. The van der Waals surface area contributed by atoms with E-state index >= 15 is 0 Å². The fourth-order valence-corrected chi connectivity index (χ4v) is 3.30. The highest BCUT2D eigenvalue weighted by molar-refractivity contribution is 5.66. The fourth-order valence-electron chi connectivity index (χ4n) is 3.30. The van der Waals surface area contributed by atoms with Crippen molar-refractivity contribution in [1.82, 2.24) is 0 Å². The van der Waals surface area contributed by atoms with Gasteiger partial charge in [-0.3, -0.25) is 4.79 Å². The van der Waals surface area contributed by atoms with Crippen LogP contribution in [0.2, 0.25) is 0 Å². The Morgan fingerprint density at radius 3 is 2.33 bits per heavy atom. The van der Waals surface area contributed by atoms with Gasteiger partial charge in [-0.15, -0.1) is 6.42 Å². The molecule has 0 N–H and O–H groups in total. The van der Waals surface area contributed by atoms with Gasteiger partial charge in [0.15, 0.2) is 0 Å². The van der Waals surface area contributed by atoms with Crippen molar-refractivity contribution >= 4 is 5.97 Å².